The highest BCUT2D eigenvalue weighted by molar-refractivity contribution is 6.39. The zero-order valence-electron chi connectivity index (χ0n) is 48.3. The van der Waals surface area contributed by atoms with Crippen LogP contribution in [0.25, 0.3) is 121 Å². The van der Waals surface area contributed by atoms with Crippen LogP contribution in [-0.2, 0) is 0 Å². The molecule has 0 radical (unpaired) electrons. The molecule has 17 rings (SSSR count). The molecule has 4 heteroatoms. The summed E-state index contributed by atoms with van der Waals surface area (Å²) in [6.45, 7) is 9.00. The average molecular weight is 1100 g/mol. The summed E-state index contributed by atoms with van der Waals surface area (Å²) in [5.41, 5.74) is 28.4. The minimum absolute atomic E-state index is 1.14. The summed E-state index contributed by atoms with van der Waals surface area (Å²) in [4.78, 5) is 5.09. The molecule has 0 aliphatic rings. The van der Waals surface area contributed by atoms with Gasteiger partial charge < -0.3 is 18.6 Å². The Morgan fingerprint density at radius 2 is 0.558 bits per heavy atom. The molecule has 0 N–H and O–H groups in total. The fourth-order valence-corrected chi connectivity index (χ4v) is 14.6. The van der Waals surface area contributed by atoms with E-state index in [2.05, 4.69) is 325 Å². The lowest BCUT2D eigenvalue weighted by Gasteiger charge is -2.30. The molecule has 0 amide bonds. The largest absolute Gasteiger partial charge is 0.309 e. The topological polar surface area (TPSA) is 15.3 Å². The summed E-state index contributed by atoms with van der Waals surface area (Å²) < 4.78 is 5.30. The Hall–Kier alpha value is -10.9. The van der Waals surface area contributed by atoms with Gasteiger partial charge in [-0.2, -0.15) is 0 Å². The van der Waals surface area contributed by atoms with Crippen molar-refractivity contribution in [3.05, 3.63) is 301 Å². The van der Waals surface area contributed by atoms with Crippen LogP contribution in [0.3, 0.4) is 0 Å². The zero-order valence-corrected chi connectivity index (χ0v) is 48.3. The number of benzene rings is 13. The molecule has 86 heavy (non-hydrogen) atoms. The van der Waals surface area contributed by atoms with Crippen molar-refractivity contribution in [2.75, 3.05) is 9.80 Å². The Bertz CT molecular complexity index is 5160. The standard InChI is InChI=1S/C82H58N4/c1-51-25-17-21-37-65(51)83(71-49-59(43-41-53(71)3)55-27-9-5-10-28-55)69-47-45-63-77-73(57-31-13-7-14-32-57)82-78(74(58-33-15-8-16-34-58)81(77)85-67-39-23-19-35-61(67)75(69)79(63)85)64-46-48-70(76-62-36-20-24-40-68(62)86(82)80(64)76)84(66-38-22-18-26-52(66)2)72-50-60(44-42-54(72)4)56-29-11-6-12-30-56/h5-50H,1-4H3. The second-order valence-corrected chi connectivity index (χ2v) is 23.3. The fraction of sp³-hybridized carbons (Fsp3) is 0.0488. The molecule has 4 heterocycles. The predicted molar refractivity (Wildman–Crippen MR) is 366 cm³/mol. The summed E-state index contributed by atoms with van der Waals surface area (Å²) in [6.07, 6.45) is 0. The molecule has 0 spiro atoms. The number of hydrogen-bond donors (Lipinski definition) is 0. The first-order valence-corrected chi connectivity index (χ1v) is 29.9. The van der Waals surface area contributed by atoms with E-state index in [4.69, 9.17) is 0 Å². The minimum atomic E-state index is 1.14. The summed E-state index contributed by atoms with van der Waals surface area (Å²) >= 11 is 0. The van der Waals surface area contributed by atoms with E-state index in [0.717, 1.165) is 34.1 Å². The number of rotatable bonds is 10. The first-order chi connectivity index (χ1) is 42.4. The van der Waals surface area contributed by atoms with Gasteiger partial charge in [-0.1, -0.05) is 231 Å². The maximum absolute atomic E-state index is 2.65. The van der Waals surface area contributed by atoms with Crippen LogP contribution in [0, 0.1) is 27.7 Å². The summed E-state index contributed by atoms with van der Waals surface area (Å²) in [6, 6.07) is 104. The van der Waals surface area contributed by atoms with Crippen LogP contribution in [0.4, 0.5) is 34.1 Å². The predicted octanol–water partition coefficient (Wildman–Crippen LogP) is 22.8. The van der Waals surface area contributed by atoms with Gasteiger partial charge in [0, 0.05) is 77.0 Å². The average Bonchev–Trinajstić information content (AvgIpc) is 1.50. The van der Waals surface area contributed by atoms with Crippen LogP contribution in [0.5, 0.6) is 0 Å². The normalized spacial score (nSPS) is 12.0. The van der Waals surface area contributed by atoms with Crippen LogP contribution in [0.15, 0.2) is 279 Å². The van der Waals surface area contributed by atoms with Crippen LogP contribution >= 0.6 is 0 Å². The van der Waals surface area contributed by atoms with Crippen LogP contribution in [0.1, 0.15) is 22.3 Å². The molecule has 0 atom stereocenters. The van der Waals surface area contributed by atoms with Gasteiger partial charge in [0.15, 0.2) is 0 Å². The third-order valence-electron chi connectivity index (χ3n) is 18.5. The second kappa shape index (κ2) is 19.3. The molecule has 0 aliphatic carbocycles. The van der Waals surface area contributed by atoms with Gasteiger partial charge in [-0.25, -0.2) is 0 Å². The van der Waals surface area contributed by atoms with E-state index in [1.165, 1.54) is 143 Å². The molecule has 0 saturated heterocycles. The third-order valence-corrected chi connectivity index (χ3v) is 18.5. The van der Waals surface area contributed by atoms with Gasteiger partial charge in [-0.3, -0.25) is 0 Å². The Balaban J connectivity index is 1.05. The number of aromatic nitrogens is 2. The monoisotopic (exact) mass is 1100 g/mol. The lowest BCUT2D eigenvalue weighted by molar-refractivity contribution is 1.24. The van der Waals surface area contributed by atoms with E-state index < -0.39 is 0 Å². The van der Waals surface area contributed by atoms with Gasteiger partial charge in [0.25, 0.3) is 0 Å². The molecule has 0 fully saturated rings. The summed E-state index contributed by atoms with van der Waals surface area (Å²) in [5.74, 6) is 0. The van der Waals surface area contributed by atoms with E-state index in [9.17, 15) is 0 Å². The van der Waals surface area contributed by atoms with E-state index in [1.54, 1.807) is 0 Å². The SMILES string of the molecule is Cc1ccccc1N(c1cc(-c2ccccc2)ccc1C)c1ccc2c3c(-c4ccccc4)c4c(c(-c5ccccc5)c3n3c5ccccc5c1c23)c1ccc(N(c2ccccc2C)c2cc(-c3ccccc3)ccc2C)c2c3ccccc3n4c12. The molecular formula is C82H58N4. The molecular weight excluding hydrogens is 1040 g/mol. The number of hydrogen-bond acceptors (Lipinski definition) is 2. The molecule has 4 nitrogen and oxygen atoms in total. The molecule has 0 unspecified atom stereocenters. The van der Waals surface area contributed by atoms with Gasteiger partial charge in [0.2, 0.25) is 0 Å². The molecule has 4 aromatic heterocycles. The fourth-order valence-electron chi connectivity index (χ4n) is 14.6. The van der Waals surface area contributed by atoms with Crippen molar-refractivity contribution in [2.24, 2.45) is 0 Å². The number of anilines is 6. The highest BCUT2D eigenvalue weighted by Crippen LogP contribution is 2.58. The van der Waals surface area contributed by atoms with Crippen molar-refractivity contribution in [1.82, 2.24) is 8.80 Å². The Labute approximate surface area is 499 Å². The number of nitrogens with zero attached hydrogens (tertiary/aromatic N) is 4. The van der Waals surface area contributed by atoms with Gasteiger partial charge in [0.1, 0.15) is 0 Å². The highest BCUT2D eigenvalue weighted by Gasteiger charge is 2.34. The third kappa shape index (κ3) is 7.23. The lowest BCUT2D eigenvalue weighted by atomic mass is 9.89. The molecule has 0 aliphatic heterocycles. The molecule has 406 valence electrons. The maximum Gasteiger partial charge on any atom is 0.0642 e. The smallest absolute Gasteiger partial charge is 0.0642 e. The lowest BCUT2D eigenvalue weighted by Crippen LogP contribution is -2.13. The van der Waals surface area contributed by atoms with E-state index in [0.29, 0.717) is 0 Å². The Morgan fingerprint density at radius 1 is 0.221 bits per heavy atom. The van der Waals surface area contributed by atoms with E-state index in [-0.39, 0.29) is 0 Å². The quantitative estimate of drug-likeness (QED) is 0.136. The van der Waals surface area contributed by atoms with Crippen molar-refractivity contribution in [3.8, 4) is 44.5 Å². The Morgan fingerprint density at radius 3 is 0.953 bits per heavy atom. The number of fused-ring (bicyclic) bond motifs is 12. The van der Waals surface area contributed by atoms with Crippen molar-refractivity contribution in [3.63, 3.8) is 0 Å². The summed E-state index contributed by atoms with van der Waals surface area (Å²) in [5, 5.41) is 9.80. The van der Waals surface area contributed by atoms with Crippen LogP contribution in [-0.4, -0.2) is 8.80 Å². The van der Waals surface area contributed by atoms with Gasteiger partial charge in [-0.05, 0) is 132 Å². The van der Waals surface area contributed by atoms with Crippen molar-refractivity contribution in [1.29, 1.82) is 0 Å². The van der Waals surface area contributed by atoms with E-state index >= 15 is 0 Å². The number of para-hydroxylation sites is 4. The molecule has 0 saturated carbocycles. The van der Waals surface area contributed by atoms with Crippen LogP contribution in [0.2, 0.25) is 0 Å². The second-order valence-electron chi connectivity index (χ2n) is 23.3. The highest BCUT2D eigenvalue weighted by atomic mass is 15.2. The first-order valence-electron chi connectivity index (χ1n) is 29.9. The number of aryl methyl sites for hydroxylation is 4. The first kappa shape index (κ1) is 49.7. The van der Waals surface area contributed by atoms with Crippen molar-refractivity contribution in [2.45, 2.75) is 27.7 Å². The Kier molecular flexibility index (Phi) is 11.2. The van der Waals surface area contributed by atoms with Gasteiger partial charge in [-0.15, -0.1) is 0 Å². The summed E-state index contributed by atoms with van der Waals surface area (Å²) in [7, 11) is 0. The molecule has 13 aromatic carbocycles. The van der Waals surface area contributed by atoms with E-state index in [1.807, 2.05) is 0 Å². The minimum Gasteiger partial charge on any atom is -0.309 e. The van der Waals surface area contributed by atoms with Crippen LogP contribution < -0.4 is 9.80 Å². The van der Waals surface area contributed by atoms with Gasteiger partial charge >= 0.3 is 0 Å². The zero-order chi connectivity index (χ0) is 57.3. The van der Waals surface area contributed by atoms with Crippen molar-refractivity contribution >= 4 is 110 Å². The molecule has 17 aromatic rings. The van der Waals surface area contributed by atoms with Gasteiger partial charge in [0.05, 0.1) is 44.5 Å². The maximum atomic E-state index is 2.65. The molecule has 0 bridgehead atoms. The van der Waals surface area contributed by atoms with Crippen molar-refractivity contribution < 1.29 is 0 Å².